The zero-order chi connectivity index (χ0) is 20.8. The predicted molar refractivity (Wildman–Crippen MR) is 111 cm³/mol. The molecule has 156 valence electrons. The third kappa shape index (κ3) is 2.94. The molecule has 2 saturated heterocycles. The van der Waals surface area contributed by atoms with Crippen LogP contribution >= 0.6 is 0 Å². The third-order valence-corrected chi connectivity index (χ3v) is 7.10. The van der Waals surface area contributed by atoms with Gasteiger partial charge in [-0.15, -0.1) is 0 Å². The van der Waals surface area contributed by atoms with E-state index in [-0.39, 0.29) is 5.41 Å². The molecule has 1 aromatic carbocycles. The fourth-order valence-electron chi connectivity index (χ4n) is 5.42. The summed E-state index contributed by atoms with van der Waals surface area (Å²) in [4.78, 5) is 42.8. The highest BCUT2D eigenvalue weighted by atomic mass is 16.2. The normalized spacial score (nSPS) is 25.9. The fraction of sp³-hybridized carbons (Fsp3) is 0.591. The van der Waals surface area contributed by atoms with E-state index >= 15 is 0 Å². The molecule has 4 rings (SSSR count). The Morgan fingerprint density at radius 2 is 1.72 bits per heavy atom. The van der Waals surface area contributed by atoms with Gasteiger partial charge in [0, 0.05) is 6.54 Å². The summed E-state index contributed by atoms with van der Waals surface area (Å²) >= 11 is 0. The van der Waals surface area contributed by atoms with Crippen LogP contribution in [-0.4, -0.2) is 60.4 Å². The van der Waals surface area contributed by atoms with Crippen molar-refractivity contribution in [3.05, 3.63) is 29.8 Å². The number of benzene rings is 1. The van der Waals surface area contributed by atoms with Gasteiger partial charge in [-0.3, -0.25) is 9.59 Å². The number of hydrogen-bond donors (Lipinski definition) is 1. The molecule has 29 heavy (non-hydrogen) atoms. The van der Waals surface area contributed by atoms with Crippen molar-refractivity contribution in [2.75, 3.05) is 32.1 Å². The minimum atomic E-state index is -1.51. The summed E-state index contributed by atoms with van der Waals surface area (Å²) in [5.41, 5.74) is 6.00. The molecule has 0 aromatic heterocycles. The molecule has 0 spiro atoms. The van der Waals surface area contributed by atoms with Crippen molar-refractivity contribution in [2.45, 2.75) is 55.9 Å². The van der Waals surface area contributed by atoms with Crippen molar-refractivity contribution in [2.24, 2.45) is 5.73 Å². The Kier molecular flexibility index (Phi) is 4.89. The average molecular weight is 399 g/mol. The first-order valence-electron chi connectivity index (χ1n) is 10.5. The molecule has 3 aliphatic rings. The Morgan fingerprint density at radius 1 is 1.07 bits per heavy atom. The number of primary amides is 1. The van der Waals surface area contributed by atoms with Crippen LogP contribution in [0.1, 0.15) is 50.5 Å². The van der Waals surface area contributed by atoms with Gasteiger partial charge in [0.15, 0.2) is 0 Å². The fourth-order valence-corrected chi connectivity index (χ4v) is 5.42. The van der Waals surface area contributed by atoms with Crippen LogP contribution in [0.2, 0.25) is 0 Å². The zero-order valence-corrected chi connectivity index (χ0v) is 17.3. The van der Waals surface area contributed by atoms with Gasteiger partial charge in [-0.1, -0.05) is 25.0 Å². The molecular weight excluding hydrogens is 368 g/mol. The molecule has 7 nitrogen and oxygen atoms in total. The molecule has 1 saturated carbocycles. The van der Waals surface area contributed by atoms with Gasteiger partial charge in [-0.2, -0.15) is 0 Å². The SMILES string of the molecule is CN(C)CCC1(c2ccc(N3C(=O)N4CCC[C@]4(C(N)=O)C3=O)cc2)CCCC1. The lowest BCUT2D eigenvalue weighted by atomic mass is 9.76. The van der Waals surface area contributed by atoms with Crippen LogP contribution in [-0.2, 0) is 15.0 Å². The number of hydrogen-bond acceptors (Lipinski definition) is 4. The molecule has 7 heteroatoms. The number of urea groups is 1. The molecule has 4 amide bonds. The molecule has 1 aliphatic carbocycles. The molecule has 1 aromatic rings. The highest BCUT2D eigenvalue weighted by molar-refractivity contribution is 6.31. The van der Waals surface area contributed by atoms with E-state index in [1.54, 1.807) is 0 Å². The number of imide groups is 1. The zero-order valence-electron chi connectivity index (χ0n) is 17.3. The molecule has 2 heterocycles. The van der Waals surface area contributed by atoms with Crippen LogP contribution in [0, 0.1) is 0 Å². The maximum absolute atomic E-state index is 13.1. The van der Waals surface area contributed by atoms with Crippen LogP contribution in [0.3, 0.4) is 0 Å². The summed E-state index contributed by atoms with van der Waals surface area (Å²) in [5.74, 6) is -1.25. The lowest BCUT2D eigenvalue weighted by molar-refractivity contribution is -0.136. The highest BCUT2D eigenvalue weighted by Crippen LogP contribution is 2.45. The molecule has 2 aliphatic heterocycles. The van der Waals surface area contributed by atoms with Crippen molar-refractivity contribution in [3.63, 3.8) is 0 Å². The molecule has 0 unspecified atom stereocenters. The lowest BCUT2D eigenvalue weighted by Crippen LogP contribution is -2.55. The van der Waals surface area contributed by atoms with Gasteiger partial charge in [0.1, 0.15) is 0 Å². The van der Waals surface area contributed by atoms with E-state index in [2.05, 4.69) is 31.1 Å². The summed E-state index contributed by atoms with van der Waals surface area (Å²) in [6, 6.07) is 7.35. The molecule has 1 atom stereocenters. The van der Waals surface area contributed by atoms with Gasteiger partial charge < -0.3 is 15.5 Å². The first-order chi connectivity index (χ1) is 13.8. The van der Waals surface area contributed by atoms with Crippen LogP contribution in [0.15, 0.2) is 24.3 Å². The minimum absolute atomic E-state index is 0.163. The second-order valence-corrected chi connectivity index (χ2v) is 8.99. The number of nitrogens with two attached hydrogens (primary N) is 1. The summed E-state index contributed by atoms with van der Waals surface area (Å²) in [5, 5.41) is 0. The first-order valence-corrected chi connectivity index (χ1v) is 10.5. The molecular formula is C22H30N4O3. The summed E-state index contributed by atoms with van der Waals surface area (Å²) in [6.45, 7) is 1.41. The maximum atomic E-state index is 13.1. The molecule has 0 radical (unpaired) electrons. The lowest BCUT2D eigenvalue weighted by Gasteiger charge is -2.31. The average Bonchev–Trinajstić information content (AvgIpc) is 3.39. The van der Waals surface area contributed by atoms with Crippen LogP contribution < -0.4 is 10.6 Å². The second kappa shape index (κ2) is 7.13. The van der Waals surface area contributed by atoms with E-state index in [1.165, 1.54) is 36.1 Å². The van der Waals surface area contributed by atoms with Gasteiger partial charge in [-0.25, -0.2) is 9.69 Å². The number of carbonyl (C=O) groups is 3. The minimum Gasteiger partial charge on any atom is -0.367 e. The molecule has 0 bridgehead atoms. The van der Waals surface area contributed by atoms with Gasteiger partial charge in [0.2, 0.25) is 5.54 Å². The van der Waals surface area contributed by atoms with Crippen LogP contribution in [0.4, 0.5) is 10.5 Å². The van der Waals surface area contributed by atoms with E-state index in [4.69, 9.17) is 5.73 Å². The Labute approximate surface area is 171 Å². The molecule has 2 N–H and O–H groups in total. The number of fused-ring (bicyclic) bond motifs is 1. The molecule has 3 fully saturated rings. The van der Waals surface area contributed by atoms with Gasteiger partial charge in [-0.05, 0) is 75.9 Å². The number of carbonyl (C=O) groups excluding carboxylic acids is 3. The Hall–Kier alpha value is -2.41. The Morgan fingerprint density at radius 3 is 2.28 bits per heavy atom. The number of anilines is 1. The third-order valence-electron chi connectivity index (χ3n) is 7.10. The summed E-state index contributed by atoms with van der Waals surface area (Å²) in [6.07, 6.45) is 6.81. The monoisotopic (exact) mass is 398 g/mol. The standard InChI is InChI=1S/C22H30N4O3/c1-24(2)15-13-21(10-3-4-11-21)16-6-8-17(9-7-16)26-19(28)22(18(23)27)12-5-14-25(22)20(26)29/h6-9H,3-5,10-15H2,1-2H3,(H2,23,27)/t22-/m0/s1. The topological polar surface area (TPSA) is 86.9 Å². The van der Waals surface area contributed by atoms with Gasteiger partial charge >= 0.3 is 6.03 Å². The van der Waals surface area contributed by atoms with Crippen molar-refractivity contribution >= 4 is 23.5 Å². The largest absolute Gasteiger partial charge is 0.367 e. The first kappa shape index (κ1) is 19.9. The van der Waals surface area contributed by atoms with E-state index in [0.29, 0.717) is 25.1 Å². The van der Waals surface area contributed by atoms with E-state index < -0.39 is 23.4 Å². The van der Waals surface area contributed by atoms with Crippen molar-refractivity contribution in [3.8, 4) is 0 Å². The van der Waals surface area contributed by atoms with Crippen molar-refractivity contribution < 1.29 is 14.4 Å². The van der Waals surface area contributed by atoms with Gasteiger partial charge in [0.05, 0.1) is 5.69 Å². The van der Waals surface area contributed by atoms with Crippen molar-refractivity contribution in [1.29, 1.82) is 0 Å². The Balaban J connectivity index is 1.62. The number of amides is 4. The second-order valence-electron chi connectivity index (χ2n) is 8.99. The van der Waals surface area contributed by atoms with E-state index in [0.717, 1.165) is 17.9 Å². The van der Waals surface area contributed by atoms with E-state index in [1.807, 2.05) is 12.1 Å². The van der Waals surface area contributed by atoms with Crippen molar-refractivity contribution in [1.82, 2.24) is 9.80 Å². The highest BCUT2D eigenvalue weighted by Gasteiger charge is 2.63. The van der Waals surface area contributed by atoms with Crippen LogP contribution in [0.25, 0.3) is 0 Å². The smallest absolute Gasteiger partial charge is 0.332 e. The van der Waals surface area contributed by atoms with E-state index in [9.17, 15) is 14.4 Å². The number of rotatable bonds is 6. The predicted octanol–water partition coefficient (Wildman–Crippen LogP) is 2.24. The van der Waals surface area contributed by atoms with Crippen LogP contribution in [0.5, 0.6) is 0 Å². The van der Waals surface area contributed by atoms with Gasteiger partial charge in [0.25, 0.3) is 11.8 Å². The summed E-state index contributed by atoms with van der Waals surface area (Å²) < 4.78 is 0. The Bertz CT molecular complexity index is 829. The summed E-state index contributed by atoms with van der Waals surface area (Å²) in [7, 11) is 4.19. The maximum Gasteiger partial charge on any atom is 0.332 e. The quantitative estimate of drug-likeness (QED) is 0.588. The number of nitrogens with zero attached hydrogens (tertiary/aromatic N) is 3.